The number of carboxylic acids is 1. The zero-order chi connectivity index (χ0) is 12.5. The third-order valence-corrected chi connectivity index (χ3v) is 2.46. The molecule has 1 aromatic rings. The highest BCUT2D eigenvalue weighted by Crippen LogP contribution is 2.04. The molecule has 94 valence electrons. The first kappa shape index (κ1) is 13.7. The number of piperazine rings is 1. The lowest BCUT2D eigenvalue weighted by Gasteiger charge is -2.27. The lowest BCUT2D eigenvalue weighted by molar-refractivity contribution is -0.134. The molecule has 1 saturated heterocycles. The van der Waals surface area contributed by atoms with Crippen molar-refractivity contribution in [3.63, 3.8) is 0 Å². The second kappa shape index (κ2) is 7.81. The number of hydrogen-bond acceptors (Lipinski definition) is 3. The van der Waals surface area contributed by atoms with Gasteiger partial charge in [-0.25, -0.2) is 0 Å². The standard InChI is InChI=1S/C11H16N2.C2H4O2/c1-2-4-11(5-3-1)10-13-8-6-12-7-9-13;1-2(3)4/h1-5,12H,6-10H2;1H3,(H,3,4). The molecule has 0 aliphatic carbocycles. The number of aliphatic carboxylic acids is 1. The highest BCUT2D eigenvalue weighted by atomic mass is 16.4. The van der Waals surface area contributed by atoms with E-state index >= 15 is 0 Å². The van der Waals surface area contributed by atoms with E-state index in [1.807, 2.05) is 0 Å². The fourth-order valence-corrected chi connectivity index (χ4v) is 1.71. The summed E-state index contributed by atoms with van der Waals surface area (Å²) in [5.41, 5.74) is 1.42. The van der Waals surface area contributed by atoms with Crippen molar-refractivity contribution < 1.29 is 9.90 Å². The molecule has 0 unspecified atom stereocenters. The van der Waals surface area contributed by atoms with Gasteiger partial charge in [0.1, 0.15) is 0 Å². The third kappa shape index (κ3) is 6.71. The maximum atomic E-state index is 9.00. The predicted molar refractivity (Wildman–Crippen MR) is 67.9 cm³/mol. The SMILES string of the molecule is CC(=O)O.c1ccc(CN2CCNCC2)cc1. The third-order valence-electron chi connectivity index (χ3n) is 2.46. The van der Waals surface area contributed by atoms with Crippen LogP contribution in [0.4, 0.5) is 0 Å². The van der Waals surface area contributed by atoms with Crippen LogP contribution >= 0.6 is 0 Å². The Hall–Kier alpha value is -1.39. The Kier molecular flexibility index (Phi) is 6.29. The molecular weight excluding hydrogens is 216 g/mol. The minimum absolute atomic E-state index is 0.833. The quantitative estimate of drug-likeness (QED) is 0.809. The molecule has 1 fully saturated rings. The van der Waals surface area contributed by atoms with Gasteiger partial charge < -0.3 is 10.4 Å². The largest absolute Gasteiger partial charge is 0.481 e. The average Bonchev–Trinajstić information content (AvgIpc) is 2.31. The van der Waals surface area contributed by atoms with Crippen molar-refractivity contribution in [1.29, 1.82) is 0 Å². The normalized spacial score (nSPS) is 15.8. The maximum Gasteiger partial charge on any atom is 0.300 e. The van der Waals surface area contributed by atoms with E-state index < -0.39 is 5.97 Å². The molecule has 0 aromatic heterocycles. The summed E-state index contributed by atoms with van der Waals surface area (Å²) in [5, 5.41) is 10.8. The molecule has 0 saturated carbocycles. The summed E-state index contributed by atoms with van der Waals surface area (Å²) in [5.74, 6) is -0.833. The summed E-state index contributed by atoms with van der Waals surface area (Å²) in [4.78, 5) is 11.5. The summed E-state index contributed by atoms with van der Waals surface area (Å²) >= 11 is 0. The Morgan fingerprint density at radius 1 is 1.29 bits per heavy atom. The molecule has 1 aromatic carbocycles. The van der Waals surface area contributed by atoms with Crippen LogP contribution in [0.2, 0.25) is 0 Å². The van der Waals surface area contributed by atoms with E-state index in [4.69, 9.17) is 9.90 Å². The fraction of sp³-hybridized carbons (Fsp3) is 0.462. The number of nitrogens with zero attached hydrogens (tertiary/aromatic N) is 1. The highest BCUT2D eigenvalue weighted by Gasteiger charge is 2.08. The molecule has 1 heterocycles. The van der Waals surface area contributed by atoms with Crippen LogP contribution < -0.4 is 5.32 Å². The monoisotopic (exact) mass is 236 g/mol. The van der Waals surface area contributed by atoms with Crippen molar-refractivity contribution in [3.8, 4) is 0 Å². The molecule has 17 heavy (non-hydrogen) atoms. The van der Waals surface area contributed by atoms with E-state index in [0.29, 0.717) is 0 Å². The Bertz CT molecular complexity index is 317. The summed E-state index contributed by atoms with van der Waals surface area (Å²) in [6, 6.07) is 10.7. The van der Waals surface area contributed by atoms with Crippen molar-refractivity contribution in [1.82, 2.24) is 10.2 Å². The van der Waals surface area contributed by atoms with Gasteiger partial charge in [-0.3, -0.25) is 9.69 Å². The lowest BCUT2D eigenvalue weighted by atomic mass is 10.2. The van der Waals surface area contributed by atoms with Crippen LogP contribution in [0, 0.1) is 0 Å². The van der Waals surface area contributed by atoms with E-state index in [-0.39, 0.29) is 0 Å². The van der Waals surface area contributed by atoms with Gasteiger partial charge in [0.25, 0.3) is 5.97 Å². The molecule has 4 heteroatoms. The first-order valence-corrected chi connectivity index (χ1v) is 5.85. The van der Waals surface area contributed by atoms with Crippen LogP contribution in [0.15, 0.2) is 30.3 Å². The zero-order valence-electron chi connectivity index (χ0n) is 10.2. The van der Waals surface area contributed by atoms with Crippen LogP contribution in [0.5, 0.6) is 0 Å². The van der Waals surface area contributed by atoms with Gasteiger partial charge in [-0.15, -0.1) is 0 Å². The van der Waals surface area contributed by atoms with Crippen molar-refractivity contribution in [3.05, 3.63) is 35.9 Å². The second-order valence-electron chi connectivity index (χ2n) is 4.03. The van der Waals surface area contributed by atoms with Gasteiger partial charge in [0.2, 0.25) is 0 Å². The van der Waals surface area contributed by atoms with Gasteiger partial charge in [-0.2, -0.15) is 0 Å². The second-order valence-corrected chi connectivity index (χ2v) is 4.03. The van der Waals surface area contributed by atoms with Crippen molar-refractivity contribution in [2.45, 2.75) is 13.5 Å². The zero-order valence-corrected chi connectivity index (χ0v) is 10.2. The minimum Gasteiger partial charge on any atom is -0.481 e. The molecule has 1 aliphatic rings. The molecule has 4 nitrogen and oxygen atoms in total. The predicted octanol–water partition coefficient (Wildman–Crippen LogP) is 1.18. The Labute approximate surface area is 102 Å². The van der Waals surface area contributed by atoms with Gasteiger partial charge in [0, 0.05) is 39.6 Å². The van der Waals surface area contributed by atoms with Gasteiger partial charge >= 0.3 is 0 Å². The summed E-state index contributed by atoms with van der Waals surface area (Å²) in [6.07, 6.45) is 0. The molecule has 2 rings (SSSR count). The van der Waals surface area contributed by atoms with E-state index in [1.165, 1.54) is 18.7 Å². The van der Waals surface area contributed by atoms with E-state index in [0.717, 1.165) is 26.6 Å². The average molecular weight is 236 g/mol. The Balaban J connectivity index is 0.000000317. The van der Waals surface area contributed by atoms with Gasteiger partial charge in [-0.1, -0.05) is 30.3 Å². The molecule has 0 amide bonds. The first-order chi connectivity index (χ1) is 8.18. The van der Waals surface area contributed by atoms with Gasteiger partial charge in [0.05, 0.1) is 0 Å². The topological polar surface area (TPSA) is 52.6 Å². The fourth-order valence-electron chi connectivity index (χ4n) is 1.71. The van der Waals surface area contributed by atoms with Crippen LogP contribution in [0.3, 0.4) is 0 Å². The number of carboxylic acid groups (broad SMARTS) is 1. The first-order valence-electron chi connectivity index (χ1n) is 5.85. The molecule has 0 bridgehead atoms. The van der Waals surface area contributed by atoms with Crippen molar-refractivity contribution >= 4 is 5.97 Å². The number of rotatable bonds is 2. The Morgan fingerprint density at radius 3 is 2.35 bits per heavy atom. The highest BCUT2D eigenvalue weighted by molar-refractivity contribution is 5.62. The number of hydrogen-bond donors (Lipinski definition) is 2. The minimum atomic E-state index is -0.833. The number of carbonyl (C=O) groups is 1. The smallest absolute Gasteiger partial charge is 0.300 e. The van der Waals surface area contributed by atoms with Crippen LogP contribution in [-0.4, -0.2) is 42.2 Å². The van der Waals surface area contributed by atoms with Crippen molar-refractivity contribution in [2.24, 2.45) is 0 Å². The summed E-state index contributed by atoms with van der Waals surface area (Å²) < 4.78 is 0. The van der Waals surface area contributed by atoms with Crippen LogP contribution in [0.1, 0.15) is 12.5 Å². The van der Waals surface area contributed by atoms with Gasteiger partial charge in [0.15, 0.2) is 0 Å². The molecule has 1 aliphatic heterocycles. The lowest BCUT2D eigenvalue weighted by Crippen LogP contribution is -2.42. The molecule has 0 atom stereocenters. The van der Waals surface area contributed by atoms with E-state index in [1.54, 1.807) is 0 Å². The number of benzene rings is 1. The van der Waals surface area contributed by atoms with Crippen LogP contribution in [0.25, 0.3) is 0 Å². The molecule has 0 spiro atoms. The van der Waals surface area contributed by atoms with Gasteiger partial charge in [-0.05, 0) is 5.56 Å². The molecule has 0 radical (unpaired) electrons. The summed E-state index contributed by atoms with van der Waals surface area (Å²) in [7, 11) is 0. The van der Waals surface area contributed by atoms with Crippen molar-refractivity contribution in [2.75, 3.05) is 26.2 Å². The maximum absolute atomic E-state index is 9.00. The Morgan fingerprint density at radius 2 is 1.82 bits per heavy atom. The summed E-state index contributed by atoms with van der Waals surface area (Å²) in [6.45, 7) is 6.80. The number of nitrogens with one attached hydrogen (secondary N) is 1. The van der Waals surface area contributed by atoms with E-state index in [9.17, 15) is 0 Å². The van der Waals surface area contributed by atoms with Crippen LogP contribution in [-0.2, 0) is 11.3 Å². The van der Waals surface area contributed by atoms with E-state index in [2.05, 4.69) is 40.5 Å². The molecular formula is C13H20N2O2. The molecule has 2 N–H and O–H groups in total.